The predicted molar refractivity (Wildman–Crippen MR) is 74.7 cm³/mol. The van der Waals surface area contributed by atoms with Gasteiger partial charge in [0.1, 0.15) is 6.04 Å². The molecule has 1 N–H and O–H groups in total. The number of nitrogens with zero attached hydrogens (tertiary/aromatic N) is 1. The number of alkyl halides is 3. The third-order valence-corrected chi connectivity index (χ3v) is 4.57. The molecule has 0 unspecified atom stereocenters. The minimum atomic E-state index is -4.41. The van der Waals surface area contributed by atoms with Gasteiger partial charge in [0, 0.05) is 12.5 Å². The Labute approximate surface area is 130 Å². The second kappa shape index (κ2) is 5.54. The second-order valence-corrected chi connectivity index (χ2v) is 6.10. The largest absolute Gasteiger partial charge is 0.480 e. The van der Waals surface area contributed by atoms with Crippen molar-refractivity contribution in [3.05, 3.63) is 35.4 Å². The number of carbonyl (C=O) groups excluding carboxylic acids is 1. The molecule has 2 fully saturated rings. The Morgan fingerprint density at radius 2 is 2.00 bits per heavy atom. The third kappa shape index (κ3) is 3.04. The van der Waals surface area contributed by atoms with Crippen molar-refractivity contribution >= 4 is 11.9 Å². The average molecular weight is 327 g/mol. The van der Waals surface area contributed by atoms with Gasteiger partial charge in [0.05, 0.1) is 5.56 Å². The molecule has 1 saturated carbocycles. The van der Waals surface area contributed by atoms with Gasteiger partial charge in [-0.3, -0.25) is 4.79 Å². The maximum Gasteiger partial charge on any atom is 0.416 e. The zero-order chi connectivity index (χ0) is 16.8. The number of aliphatic carboxylic acids is 1. The Morgan fingerprint density at radius 1 is 1.26 bits per heavy atom. The van der Waals surface area contributed by atoms with E-state index in [0.29, 0.717) is 31.4 Å². The molecule has 124 valence electrons. The van der Waals surface area contributed by atoms with E-state index in [2.05, 4.69) is 0 Å². The van der Waals surface area contributed by atoms with Crippen LogP contribution in [0.1, 0.15) is 36.3 Å². The van der Waals surface area contributed by atoms with Crippen LogP contribution >= 0.6 is 0 Å². The molecule has 7 heteroatoms. The van der Waals surface area contributed by atoms with Gasteiger partial charge >= 0.3 is 12.1 Å². The molecule has 1 aromatic rings. The highest BCUT2D eigenvalue weighted by Crippen LogP contribution is 2.49. The first-order valence-corrected chi connectivity index (χ1v) is 7.49. The number of likely N-dealkylation sites (tertiary alicyclic amines) is 1. The highest BCUT2D eigenvalue weighted by Gasteiger charge is 2.49. The van der Waals surface area contributed by atoms with Crippen LogP contribution in [0.2, 0.25) is 0 Å². The van der Waals surface area contributed by atoms with Crippen LogP contribution in [0.5, 0.6) is 0 Å². The lowest BCUT2D eigenvalue weighted by molar-refractivity contribution is -0.148. The third-order valence-electron chi connectivity index (χ3n) is 4.57. The number of hydrogen-bond donors (Lipinski definition) is 1. The molecule has 1 heterocycles. The Kier molecular flexibility index (Phi) is 3.82. The van der Waals surface area contributed by atoms with Crippen molar-refractivity contribution in [3.8, 4) is 0 Å². The molecule has 0 bridgehead atoms. The molecule has 1 amide bonds. The number of hydrogen-bond acceptors (Lipinski definition) is 2. The van der Waals surface area contributed by atoms with Gasteiger partial charge in [0.2, 0.25) is 5.91 Å². The van der Waals surface area contributed by atoms with E-state index in [9.17, 15) is 22.8 Å². The number of carbonyl (C=O) groups is 2. The summed E-state index contributed by atoms with van der Waals surface area (Å²) in [5.74, 6) is -1.93. The normalized spacial score (nSPS) is 27.1. The number of benzene rings is 1. The summed E-state index contributed by atoms with van der Waals surface area (Å²) in [6.45, 7) is 0.404. The fourth-order valence-corrected chi connectivity index (χ4v) is 3.28. The van der Waals surface area contributed by atoms with Crippen molar-refractivity contribution in [3.63, 3.8) is 0 Å². The molecule has 23 heavy (non-hydrogen) atoms. The molecule has 2 aliphatic rings. The summed E-state index contributed by atoms with van der Waals surface area (Å²) in [7, 11) is 0. The first-order chi connectivity index (χ1) is 10.8. The molecule has 0 spiro atoms. The van der Waals surface area contributed by atoms with E-state index in [4.69, 9.17) is 5.11 Å². The second-order valence-electron chi connectivity index (χ2n) is 6.10. The van der Waals surface area contributed by atoms with E-state index < -0.39 is 29.7 Å². The fourth-order valence-electron chi connectivity index (χ4n) is 3.28. The molecular weight excluding hydrogens is 311 g/mol. The van der Waals surface area contributed by atoms with Crippen LogP contribution in [-0.4, -0.2) is 34.5 Å². The maximum atomic E-state index is 12.8. The zero-order valence-corrected chi connectivity index (χ0v) is 12.2. The van der Waals surface area contributed by atoms with Crippen LogP contribution in [0.4, 0.5) is 13.2 Å². The van der Waals surface area contributed by atoms with Gasteiger partial charge in [0.15, 0.2) is 0 Å². The van der Waals surface area contributed by atoms with Crippen molar-refractivity contribution in [1.29, 1.82) is 0 Å². The number of carboxylic acids is 1. The van der Waals surface area contributed by atoms with E-state index in [1.807, 2.05) is 0 Å². The average Bonchev–Trinajstić information content (AvgIpc) is 3.13. The minimum Gasteiger partial charge on any atom is -0.480 e. The van der Waals surface area contributed by atoms with Gasteiger partial charge in [-0.2, -0.15) is 13.2 Å². The Bertz CT molecular complexity index is 644. The monoisotopic (exact) mass is 327 g/mol. The molecule has 1 saturated heterocycles. The Morgan fingerprint density at radius 3 is 2.65 bits per heavy atom. The van der Waals surface area contributed by atoms with Crippen LogP contribution in [0.3, 0.4) is 0 Å². The van der Waals surface area contributed by atoms with E-state index in [1.165, 1.54) is 11.0 Å². The lowest BCUT2D eigenvalue weighted by Gasteiger charge is -2.21. The molecule has 0 radical (unpaired) electrons. The molecule has 1 aliphatic heterocycles. The molecule has 3 rings (SSSR count). The lowest BCUT2D eigenvalue weighted by Crippen LogP contribution is -2.41. The number of carboxylic acid groups (broad SMARTS) is 1. The van der Waals surface area contributed by atoms with Gasteiger partial charge < -0.3 is 10.0 Å². The Hall–Kier alpha value is -2.05. The zero-order valence-electron chi connectivity index (χ0n) is 12.2. The quantitative estimate of drug-likeness (QED) is 0.929. The SMILES string of the molecule is O=C(O)[C@@H]1CCCN1C(=O)[C@@H]1C[C@H]1c1cccc(C(F)(F)F)c1. The maximum absolute atomic E-state index is 12.8. The summed E-state index contributed by atoms with van der Waals surface area (Å²) in [5.41, 5.74) is -0.234. The minimum absolute atomic E-state index is 0.250. The van der Waals surface area contributed by atoms with Gasteiger partial charge in [-0.05, 0) is 36.8 Å². The topological polar surface area (TPSA) is 57.6 Å². The standard InChI is InChI=1S/C16H16F3NO3/c17-16(18,19)10-4-1-3-9(7-10)11-8-12(11)14(21)20-6-2-5-13(20)15(22)23/h1,3-4,7,11-13H,2,5-6,8H2,(H,22,23)/t11-,12+,13-/m0/s1. The fraction of sp³-hybridized carbons (Fsp3) is 0.500. The molecule has 4 nitrogen and oxygen atoms in total. The first-order valence-electron chi connectivity index (χ1n) is 7.49. The highest BCUT2D eigenvalue weighted by molar-refractivity contribution is 5.88. The number of amides is 1. The van der Waals surface area contributed by atoms with Crippen LogP contribution in [0, 0.1) is 5.92 Å². The van der Waals surface area contributed by atoms with E-state index in [1.54, 1.807) is 6.07 Å². The number of halogens is 3. The smallest absolute Gasteiger partial charge is 0.416 e. The van der Waals surface area contributed by atoms with Gasteiger partial charge in [0.25, 0.3) is 0 Å². The summed E-state index contributed by atoms with van der Waals surface area (Å²) < 4.78 is 38.3. The van der Waals surface area contributed by atoms with E-state index >= 15 is 0 Å². The summed E-state index contributed by atoms with van der Waals surface area (Å²) in [5, 5.41) is 9.12. The van der Waals surface area contributed by atoms with Gasteiger partial charge in [-0.1, -0.05) is 18.2 Å². The molecule has 1 aliphatic carbocycles. The lowest BCUT2D eigenvalue weighted by atomic mass is 10.0. The van der Waals surface area contributed by atoms with Crippen LogP contribution < -0.4 is 0 Å². The van der Waals surface area contributed by atoms with Crippen molar-refractivity contribution in [2.75, 3.05) is 6.54 Å². The molecule has 0 aromatic heterocycles. The first kappa shape index (κ1) is 15.8. The van der Waals surface area contributed by atoms with Crippen molar-refractivity contribution in [2.24, 2.45) is 5.92 Å². The van der Waals surface area contributed by atoms with Crippen molar-refractivity contribution in [1.82, 2.24) is 4.90 Å². The van der Waals surface area contributed by atoms with Crippen LogP contribution in [0.25, 0.3) is 0 Å². The Balaban J connectivity index is 1.72. The van der Waals surface area contributed by atoms with Crippen LogP contribution in [-0.2, 0) is 15.8 Å². The summed E-state index contributed by atoms with van der Waals surface area (Å²) in [6.07, 6.45) is -2.86. The van der Waals surface area contributed by atoms with Crippen LogP contribution in [0.15, 0.2) is 24.3 Å². The van der Waals surface area contributed by atoms with Crippen molar-refractivity contribution in [2.45, 2.75) is 37.4 Å². The predicted octanol–water partition coefficient (Wildman–Crippen LogP) is 2.88. The summed E-state index contributed by atoms with van der Waals surface area (Å²) in [4.78, 5) is 24.9. The number of rotatable bonds is 3. The molecular formula is C16H16F3NO3. The van der Waals surface area contributed by atoms with Gasteiger partial charge in [-0.25, -0.2) is 4.79 Å². The highest BCUT2D eigenvalue weighted by atomic mass is 19.4. The van der Waals surface area contributed by atoms with E-state index in [-0.39, 0.29) is 11.8 Å². The van der Waals surface area contributed by atoms with E-state index in [0.717, 1.165) is 12.1 Å². The molecule has 3 atom stereocenters. The summed E-state index contributed by atoms with van der Waals surface area (Å²) in [6, 6.07) is 4.21. The molecule has 1 aromatic carbocycles. The summed E-state index contributed by atoms with van der Waals surface area (Å²) >= 11 is 0. The van der Waals surface area contributed by atoms with Gasteiger partial charge in [-0.15, -0.1) is 0 Å². The van der Waals surface area contributed by atoms with Crippen molar-refractivity contribution < 1.29 is 27.9 Å².